The zero-order valence-corrected chi connectivity index (χ0v) is 23.8. The fourth-order valence-electron chi connectivity index (χ4n) is 4.05. The van der Waals surface area contributed by atoms with Gasteiger partial charge in [0.25, 0.3) is 15.7 Å². The van der Waals surface area contributed by atoms with Crippen molar-refractivity contribution in [1.82, 2.24) is 10.2 Å². The van der Waals surface area contributed by atoms with Crippen LogP contribution in [0, 0.1) is 23.0 Å². The summed E-state index contributed by atoms with van der Waals surface area (Å²) in [6, 6.07) is 19.2. The molecule has 40 heavy (non-hydrogen) atoms. The van der Waals surface area contributed by atoms with Crippen LogP contribution in [0.25, 0.3) is 0 Å². The summed E-state index contributed by atoms with van der Waals surface area (Å²) in [6.07, 6.45) is 0. The quantitative estimate of drug-likeness (QED) is 0.257. The van der Waals surface area contributed by atoms with Gasteiger partial charge in [0.15, 0.2) is 0 Å². The number of non-ortho nitro benzene ring substituents is 1. The van der Waals surface area contributed by atoms with E-state index < -0.39 is 33.4 Å². The van der Waals surface area contributed by atoms with Crippen molar-refractivity contribution in [2.45, 2.75) is 45.2 Å². The summed E-state index contributed by atoms with van der Waals surface area (Å²) in [5, 5.41) is 14.3. The minimum Gasteiger partial charge on any atom is -0.354 e. The SMILES string of the molecule is Cc1cccc(CN(C(=O)CN(c2cccc([N+](=O)[O-])c2)S(=O)(=O)c2ccccc2)C(C)C(=O)NCC(C)C)c1. The van der Waals surface area contributed by atoms with Crippen molar-refractivity contribution in [2.75, 3.05) is 17.4 Å². The molecule has 1 N–H and O–H groups in total. The molecule has 212 valence electrons. The van der Waals surface area contributed by atoms with E-state index in [4.69, 9.17) is 0 Å². The highest BCUT2D eigenvalue weighted by atomic mass is 32.2. The molecule has 0 heterocycles. The molecule has 0 aliphatic carbocycles. The van der Waals surface area contributed by atoms with Crippen LogP contribution in [0.15, 0.2) is 83.8 Å². The second kappa shape index (κ2) is 13.2. The lowest BCUT2D eigenvalue weighted by Gasteiger charge is -2.32. The molecule has 3 aromatic carbocycles. The van der Waals surface area contributed by atoms with Gasteiger partial charge in [-0.05, 0) is 43.5 Å². The van der Waals surface area contributed by atoms with Gasteiger partial charge in [0.05, 0.1) is 15.5 Å². The molecule has 0 fully saturated rings. The van der Waals surface area contributed by atoms with Gasteiger partial charge in [0.2, 0.25) is 11.8 Å². The topological polar surface area (TPSA) is 130 Å². The third-order valence-corrected chi connectivity index (χ3v) is 8.01. The van der Waals surface area contributed by atoms with Crippen LogP contribution in [0.3, 0.4) is 0 Å². The van der Waals surface area contributed by atoms with Crippen molar-refractivity contribution in [1.29, 1.82) is 0 Å². The smallest absolute Gasteiger partial charge is 0.271 e. The van der Waals surface area contributed by atoms with E-state index in [-0.39, 0.29) is 34.6 Å². The number of amides is 2. The van der Waals surface area contributed by atoms with Crippen molar-refractivity contribution in [3.8, 4) is 0 Å². The first-order valence-electron chi connectivity index (χ1n) is 12.8. The Kier molecular flexibility index (Phi) is 10.0. The molecule has 0 spiro atoms. The van der Waals surface area contributed by atoms with Gasteiger partial charge in [0, 0.05) is 25.2 Å². The van der Waals surface area contributed by atoms with E-state index in [1.807, 2.05) is 45.0 Å². The third kappa shape index (κ3) is 7.66. The fourth-order valence-corrected chi connectivity index (χ4v) is 5.48. The van der Waals surface area contributed by atoms with Gasteiger partial charge in [-0.15, -0.1) is 0 Å². The molecule has 0 aliphatic heterocycles. The average Bonchev–Trinajstić information content (AvgIpc) is 2.93. The summed E-state index contributed by atoms with van der Waals surface area (Å²) in [5.41, 5.74) is 1.37. The number of hydrogen-bond donors (Lipinski definition) is 1. The second-order valence-corrected chi connectivity index (χ2v) is 11.8. The molecule has 0 saturated heterocycles. The predicted molar refractivity (Wildman–Crippen MR) is 153 cm³/mol. The van der Waals surface area contributed by atoms with Crippen LogP contribution in [0.1, 0.15) is 31.9 Å². The van der Waals surface area contributed by atoms with Crippen molar-refractivity contribution in [3.05, 3.63) is 100 Å². The Hall–Kier alpha value is -4.25. The van der Waals surface area contributed by atoms with Gasteiger partial charge in [-0.1, -0.05) is 67.9 Å². The van der Waals surface area contributed by atoms with Gasteiger partial charge < -0.3 is 10.2 Å². The van der Waals surface area contributed by atoms with Crippen LogP contribution in [0.4, 0.5) is 11.4 Å². The summed E-state index contributed by atoms with van der Waals surface area (Å²) in [5.74, 6) is -0.820. The number of carbonyl (C=O) groups is 2. The maximum atomic E-state index is 13.9. The maximum Gasteiger partial charge on any atom is 0.271 e. The van der Waals surface area contributed by atoms with E-state index in [0.29, 0.717) is 6.54 Å². The number of nitrogens with zero attached hydrogens (tertiary/aromatic N) is 3. The summed E-state index contributed by atoms with van der Waals surface area (Å²) < 4.78 is 28.4. The molecule has 1 unspecified atom stereocenters. The molecule has 1 atom stereocenters. The van der Waals surface area contributed by atoms with Crippen molar-refractivity contribution in [3.63, 3.8) is 0 Å². The van der Waals surface area contributed by atoms with Gasteiger partial charge in [-0.3, -0.25) is 24.0 Å². The first-order chi connectivity index (χ1) is 18.9. The molecule has 0 radical (unpaired) electrons. The van der Waals surface area contributed by atoms with E-state index in [1.165, 1.54) is 35.2 Å². The van der Waals surface area contributed by atoms with E-state index in [1.54, 1.807) is 25.1 Å². The molecule has 0 aromatic heterocycles. The Bertz CT molecular complexity index is 1460. The van der Waals surface area contributed by atoms with Gasteiger partial charge >= 0.3 is 0 Å². The Morgan fingerprint density at radius 2 is 1.62 bits per heavy atom. The van der Waals surface area contributed by atoms with E-state index >= 15 is 0 Å². The number of aryl methyl sites for hydroxylation is 1. The summed E-state index contributed by atoms with van der Waals surface area (Å²) in [4.78, 5) is 39.0. The number of hydrogen-bond acceptors (Lipinski definition) is 6. The normalized spacial score (nSPS) is 12.0. The Morgan fingerprint density at radius 3 is 2.25 bits per heavy atom. The lowest BCUT2D eigenvalue weighted by atomic mass is 10.1. The summed E-state index contributed by atoms with van der Waals surface area (Å²) in [6.45, 7) is 7.20. The first-order valence-corrected chi connectivity index (χ1v) is 14.3. The number of carbonyl (C=O) groups excluding carboxylic acids is 2. The lowest BCUT2D eigenvalue weighted by molar-refractivity contribution is -0.384. The highest BCUT2D eigenvalue weighted by Crippen LogP contribution is 2.27. The lowest BCUT2D eigenvalue weighted by Crippen LogP contribution is -2.51. The van der Waals surface area contributed by atoms with Crippen LogP contribution >= 0.6 is 0 Å². The number of nitrogens with one attached hydrogen (secondary N) is 1. The Labute approximate surface area is 234 Å². The van der Waals surface area contributed by atoms with Crippen LogP contribution in [-0.2, 0) is 26.2 Å². The number of nitro benzene ring substituents is 1. The number of rotatable bonds is 12. The number of nitro groups is 1. The standard InChI is InChI=1S/C29H34N4O6S/c1-21(2)18-30-29(35)23(4)31(19-24-11-8-10-22(3)16-24)28(34)20-32(25-12-9-13-26(17-25)33(36)37)40(38,39)27-14-6-5-7-15-27/h5-17,21,23H,18-20H2,1-4H3,(H,30,35). The maximum absolute atomic E-state index is 13.9. The molecule has 3 rings (SSSR count). The van der Waals surface area contributed by atoms with Gasteiger partial charge in [0.1, 0.15) is 12.6 Å². The zero-order chi connectivity index (χ0) is 29.4. The fraction of sp³-hybridized carbons (Fsp3) is 0.310. The van der Waals surface area contributed by atoms with Crippen LogP contribution < -0.4 is 9.62 Å². The molecule has 2 amide bonds. The van der Waals surface area contributed by atoms with Gasteiger partial charge in [-0.25, -0.2) is 8.42 Å². The van der Waals surface area contributed by atoms with Crippen LogP contribution in [0.5, 0.6) is 0 Å². The largest absolute Gasteiger partial charge is 0.354 e. The van der Waals surface area contributed by atoms with Crippen molar-refractivity contribution >= 4 is 33.2 Å². The van der Waals surface area contributed by atoms with Crippen molar-refractivity contribution in [2.24, 2.45) is 5.92 Å². The zero-order valence-electron chi connectivity index (χ0n) is 23.0. The second-order valence-electron chi connectivity index (χ2n) is 9.93. The third-order valence-electron chi connectivity index (χ3n) is 6.23. The molecule has 0 saturated carbocycles. The first kappa shape index (κ1) is 30.3. The van der Waals surface area contributed by atoms with E-state index in [0.717, 1.165) is 21.5 Å². The molecule has 0 aliphatic rings. The average molecular weight is 567 g/mol. The molecular formula is C29H34N4O6S. The van der Waals surface area contributed by atoms with Gasteiger partial charge in [-0.2, -0.15) is 0 Å². The number of benzene rings is 3. The molecule has 0 bridgehead atoms. The van der Waals surface area contributed by atoms with E-state index in [9.17, 15) is 28.1 Å². The minimum atomic E-state index is -4.31. The van der Waals surface area contributed by atoms with Crippen LogP contribution in [0.2, 0.25) is 0 Å². The molecule has 3 aromatic rings. The highest BCUT2D eigenvalue weighted by molar-refractivity contribution is 7.92. The predicted octanol–water partition coefficient (Wildman–Crippen LogP) is 4.29. The summed E-state index contributed by atoms with van der Waals surface area (Å²) >= 11 is 0. The highest BCUT2D eigenvalue weighted by Gasteiger charge is 2.33. The summed E-state index contributed by atoms with van der Waals surface area (Å²) in [7, 11) is -4.31. The number of sulfonamides is 1. The molecular weight excluding hydrogens is 532 g/mol. The molecule has 11 heteroatoms. The van der Waals surface area contributed by atoms with Crippen LogP contribution in [-0.4, -0.2) is 49.2 Å². The monoisotopic (exact) mass is 566 g/mol. The Balaban J connectivity index is 2.05. The Morgan fingerprint density at radius 1 is 0.950 bits per heavy atom. The molecule has 10 nitrogen and oxygen atoms in total. The number of anilines is 1. The minimum absolute atomic E-state index is 0.0428. The van der Waals surface area contributed by atoms with Crippen molar-refractivity contribution < 1.29 is 22.9 Å². The van der Waals surface area contributed by atoms with E-state index in [2.05, 4.69) is 5.32 Å².